The molecule has 0 radical (unpaired) electrons. The zero-order valence-corrected chi connectivity index (χ0v) is 12.0. The molecule has 19 heavy (non-hydrogen) atoms. The van der Waals surface area contributed by atoms with Crippen LogP contribution in [0.1, 0.15) is 38.7 Å². The maximum atomic E-state index is 12.3. The SMILES string of the molecule is CCc1ccc(NC(C)C(=O)N2CCCCC2)cc1. The van der Waals surface area contributed by atoms with E-state index in [1.165, 1.54) is 12.0 Å². The lowest BCUT2D eigenvalue weighted by Crippen LogP contribution is -2.43. The Labute approximate surface area is 116 Å². The van der Waals surface area contributed by atoms with Gasteiger partial charge in [0, 0.05) is 18.8 Å². The van der Waals surface area contributed by atoms with Gasteiger partial charge in [0.15, 0.2) is 0 Å². The lowest BCUT2D eigenvalue weighted by atomic mass is 10.1. The molecule has 1 unspecified atom stereocenters. The second-order valence-corrected chi connectivity index (χ2v) is 5.30. The second-order valence-electron chi connectivity index (χ2n) is 5.30. The Morgan fingerprint density at radius 3 is 2.42 bits per heavy atom. The van der Waals surface area contributed by atoms with Gasteiger partial charge >= 0.3 is 0 Å². The summed E-state index contributed by atoms with van der Waals surface area (Å²) in [5.74, 6) is 0.222. The van der Waals surface area contributed by atoms with E-state index in [1.807, 2.05) is 11.8 Å². The number of nitrogens with one attached hydrogen (secondary N) is 1. The van der Waals surface area contributed by atoms with Gasteiger partial charge < -0.3 is 10.2 Å². The van der Waals surface area contributed by atoms with Gasteiger partial charge in [-0.3, -0.25) is 4.79 Å². The molecule has 2 rings (SSSR count). The molecule has 1 aromatic carbocycles. The Hall–Kier alpha value is -1.51. The van der Waals surface area contributed by atoms with Crippen LogP contribution in [-0.2, 0) is 11.2 Å². The molecule has 1 heterocycles. The molecular formula is C16H24N2O. The fourth-order valence-electron chi connectivity index (χ4n) is 2.54. The second kappa shape index (κ2) is 6.60. The lowest BCUT2D eigenvalue weighted by Gasteiger charge is -2.29. The standard InChI is InChI=1S/C16H24N2O/c1-3-14-7-9-15(10-8-14)17-13(2)16(19)18-11-5-4-6-12-18/h7-10,13,17H,3-6,11-12H2,1-2H3. The summed E-state index contributed by atoms with van der Waals surface area (Å²) in [6.45, 7) is 5.93. The van der Waals surface area contributed by atoms with Crippen LogP contribution in [0, 0.1) is 0 Å². The molecule has 1 aromatic rings. The predicted molar refractivity (Wildman–Crippen MR) is 79.3 cm³/mol. The normalized spacial score (nSPS) is 17.1. The van der Waals surface area contributed by atoms with Crippen LogP contribution in [0.15, 0.2) is 24.3 Å². The molecule has 1 aliphatic heterocycles. The molecule has 0 saturated carbocycles. The highest BCUT2D eigenvalue weighted by atomic mass is 16.2. The first-order valence-corrected chi connectivity index (χ1v) is 7.35. The van der Waals surface area contributed by atoms with Gasteiger partial charge in [-0.15, -0.1) is 0 Å². The molecular weight excluding hydrogens is 236 g/mol. The highest BCUT2D eigenvalue weighted by Gasteiger charge is 2.21. The van der Waals surface area contributed by atoms with Gasteiger partial charge in [0.25, 0.3) is 0 Å². The maximum absolute atomic E-state index is 12.3. The van der Waals surface area contributed by atoms with E-state index >= 15 is 0 Å². The predicted octanol–water partition coefficient (Wildman–Crippen LogP) is 3.06. The number of anilines is 1. The number of carbonyl (C=O) groups excluding carboxylic acids is 1. The molecule has 1 fully saturated rings. The van der Waals surface area contributed by atoms with Crippen molar-refractivity contribution in [2.75, 3.05) is 18.4 Å². The van der Waals surface area contributed by atoms with E-state index in [2.05, 4.69) is 36.5 Å². The monoisotopic (exact) mass is 260 g/mol. The van der Waals surface area contributed by atoms with Crippen LogP contribution < -0.4 is 5.32 Å². The van der Waals surface area contributed by atoms with Crippen LogP contribution >= 0.6 is 0 Å². The summed E-state index contributed by atoms with van der Waals surface area (Å²) in [7, 11) is 0. The summed E-state index contributed by atoms with van der Waals surface area (Å²) in [4.78, 5) is 14.3. The quantitative estimate of drug-likeness (QED) is 0.902. The largest absolute Gasteiger partial charge is 0.374 e. The number of likely N-dealkylation sites (tertiary alicyclic amines) is 1. The molecule has 3 heteroatoms. The molecule has 1 N–H and O–H groups in total. The van der Waals surface area contributed by atoms with Gasteiger partial charge in [-0.05, 0) is 50.3 Å². The first-order chi connectivity index (χ1) is 9.20. The van der Waals surface area contributed by atoms with Gasteiger partial charge in [0.1, 0.15) is 6.04 Å². The first-order valence-electron chi connectivity index (χ1n) is 7.35. The van der Waals surface area contributed by atoms with Gasteiger partial charge in [-0.25, -0.2) is 0 Å². The Bertz CT molecular complexity index is 407. The Balaban J connectivity index is 1.91. The van der Waals surface area contributed by atoms with E-state index in [4.69, 9.17) is 0 Å². The van der Waals surface area contributed by atoms with Crippen molar-refractivity contribution in [3.63, 3.8) is 0 Å². The summed E-state index contributed by atoms with van der Waals surface area (Å²) in [5.41, 5.74) is 2.34. The van der Waals surface area contributed by atoms with Gasteiger partial charge in [-0.1, -0.05) is 19.1 Å². The highest BCUT2D eigenvalue weighted by molar-refractivity contribution is 5.84. The summed E-state index contributed by atoms with van der Waals surface area (Å²) in [6.07, 6.45) is 4.58. The molecule has 104 valence electrons. The maximum Gasteiger partial charge on any atom is 0.244 e. The van der Waals surface area contributed by atoms with Crippen LogP contribution in [-0.4, -0.2) is 29.9 Å². The number of rotatable bonds is 4. The van der Waals surface area contributed by atoms with Gasteiger partial charge in [-0.2, -0.15) is 0 Å². The summed E-state index contributed by atoms with van der Waals surface area (Å²) < 4.78 is 0. The minimum Gasteiger partial charge on any atom is -0.374 e. The van der Waals surface area contributed by atoms with Crippen molar-refractivity contribution in [2.24, 2.45) is 0 Å². The number of hydrogen-bond acceptors (Lipinski definition) is 2. The first kappa shape index (κ1) is 13.9. The van der Waals surface area contributed by atoms with Crippen LogP contribution in [0.4, 0.5) is 5.69 Å². The van der Waals surface area contributed by atoms with Gasteiger partial charge in [0.2, 0.25) is 5.91 Å². The number of amides is 1. The van der Waals surface area contributed by atoms with Crippen LogP contribution in [0.2, 0.25) is 0 Å². The van der Waals surface area contributed by atoms with Crippen molar-refractivity contribution in [3.8, 4) is 0 Å². The molecule has 1 saturated heterocycles. The van der Waals surface area contributed by atoms with Crippen LogP contribution in [0.5, 0.6) is 0 Å². The molecule has 0 spiro atoms. The Kier molecular flexibility index (Phi) is 4.83. The van der Waals surface area contributed by atoms with Crippen molar-refractivity contribution >= 4 is 11.6 Å². The van der Waals surface area contributed by atoms with E-state index in [0.717, 1.165) is 38.0 Å². The number of carbonyl (C=O) groups is 1. The van der Waals surface area contributed by atoms with Gasteiger partial charge in [0.05, 0.1) is 0 Å². The van der Waals surface area contributed by atoms with E-state index in [1.54, 1.807) is 0 Å². The fraction of sp³-hybridized carbons (Fsp3) is 0.562. The fourth-order valence-corrected chi connectivity index (χ4v) is 2.54. The van der Waals surface area contributed by atoms with E-state index in [9.17, 15) is 4.79 Å². The number of nitrogens with zero attached hydrogens (tertiary/aromatic N) is 1. The Morgan fingerprint density at radius 1 is 1.21 bits per heavy atom. The van der Waals surface area contributed by atoms with E-state index < -0.39 is 0 Å². The van der Waals surface area contributed by atoms with Crippen LogP contribution in [0.3, 0.4) is 0 Å². The van der Waals surface area contributed by atoms with Crippen molar-refractivity contribution in [3.05, 3.63) is 29.8 Å². The molecule has 3 nitrogen and oxygen atoms in total. The third-order valence-corrected chi connectivity index (χ3v) is 3.78. The average Bonchev–Trinajstić information content (AvgIpc) is 2.48. The number of hydrogen-bond donors (Lipinski definition) is 1. The average molecular weight is 260 g/mol. The number of benzene rings is 1. The molecule has 0 bridgehead atoms. The topological polar surface area (TPSA) is 32.3 Å². The molecule has 0 aromatic heterocycles. The lowest BCUT2D eigenvalue weighted by molar-refractivity contribution is -0.132. The minimum absolute atomic E-state index is 0.148. The van der Waals surface area contributed by atoms with Crippen molar-refractivity contribution in [1.29, 1.82) is 0 Å². The van der Waals surface area contributed by atoms with Crippen molar-refractivity contribution < 1.29 is 4.79 Å². The minimum atomic E-state index is -0.148. The smallest absolute Gasteiger partial charge is 0.244 e. The van der Waals surface area contributed by atoms with Crippen molar-refractivity contribution in [2.45, 2.75) is 45.6 Å². The molecule has 1 amide bonds. The molecule has 1 atom stereocenters. The third kappa shape index (κ3) is 3.72. The van der Waals surface area contributed by atoms with E-state index in [-0.39, 0.29) is 11.9 Å². The zero-order valence-electron chi connectivity index (χ0n) is 12.0. The Morgan fingerprint density at radius 2 is 1.84 bits per heavy atom. The highest BCUT2D eigenvalue weighted by Crippen LogP contribution is 2.14. The molecule has 1 aliphatic rings. The van der Waals surface area contributed by atoms with Crippen LogP contribution in [0.25, 0.3) is 0 Å². The summed E-state index contributed by atoms with van der Waals surface area (Å²) in [6, 6.07) is 8.18. The molecule has 0 aliphatic carbocycles. The van der Waals surface area contributed by atoms with Crippen molar-refractivity contribution in [1.82, 2.24) is 4.90 Å². The van der Waals surface area contributed by atoms with E-state index in [0.29, 0.717) is 0 Å². The zero-order chi connectivity index (χ0) is 13.7. The number of aryl methyl sites for hydroxylation is 1. The summed E-state index contributed by atoms with van der Waals surface area (Å²) in [5, 5.41) is 3.30. The summed E-state index contributed by atoms with van der Waals surface area (Å²) >= 11 is 0. The third-order valence-electron chi connectivity index (χ3n) is 3.78. The number of piperidine rings is 1.